The second-order valence-corrected chi connectivity index (χ2v) is 6.02. The highest BCUT2D eigenvalue weighted by atomic mass is 16.5. The minimum absolute atomic E-state index is 0.0151. The van der Waals surface area contributed by atoms with E-state index in [4.69, 9.17) is 9.47 Å². The highest BCUT2D eigenvalue weighted by molar-refractivity contribution is 6.06. The van der Waals surface area contributed by atoms with Crippen molar-refractivity contribution in [2.24, 2.45) is 0 Å². The normalized spacial score (nSPS) is 10.3. The maximum atomic E-state index is 12.4. The van der Waals surface area contributed by atoms with Crippen LogP contribution in [-0.4, -0.2) is 23.7 Å². The van der Waals surface area contributed by atoms with Gasteiger partial charge in [0.05, 0.1) is 17.7 Å². The van der Waals surface area contributed by atoms with E-state index in [1.165, 1.54) is 12.1 Å². The zero-order valence-electron chi connectivity index (χ0n) is 15.4. The van der Waals surface area contributed by atoms with Gasteiger partial charge in [-0.25, -0.2) is 9.59 Å². The summed E-state index contributed by atoms with van der Waals surface area (Å²) in [5, 5.41) is 9.67. The van der Waals surface area contributed by atoms with Crippen LogP contribution >= 0.6 is 0 Å². The van der Waals surface area contributed by atoms with Gasteiger partial charge >= 0.3 is 11.9 Å². The third-order valence-electron chi connectivity index (χ3n) is 4.18. The number of carbonyl (C=O) groups is 2. The Bertz CT molecular complexity index is 979. The summed E-state index contributed by atoms with van der Waals surface area (Å²) in [4.78, 5) is 24.3. The van der Waals surface area contributed by atoms with Crippen LogP contribution in [-0.2, 0) is 11.3 Å². The van der Waals surface area contributed by atoms with Crippen molar-refractivity contribution in [2.75, 3.05) is 6.61 Å². The molecular weight excluding hydrogens is 356 g/mol. The van der Waals surface area contributed by atoms with E-state index in [0.29, 0.717) is 17.9 Å². The van der Waals surface area contributed by atoms with Gasteiger partial charge in [0.15, 0.2) is 0 Å². The van der Waals surface area contributed by atoms with Crippen LogP contribution in [0.5, 0.6) is 5.75 Å². The Kier molecular flexibility index (Phi) is 6.07. The third kappa shape index (κ3) is 4.20. The number of para-hydroxylation sites is 1. The summed E-state index contributed by atoms with van der Waals surface area (Å²) >= 11 is 0. The highest BCUT2D eigenvalue weighted by Crippen LogP contribution is 2.36. The van der Waals surface area contributed by atoms with Gasteiger partial charge in [-0.2, -0.15) is 0 Å². The lowest BCUT2D eigenvalue weighted by Gasteiger charge is -2.16. The summed E-state index contributed by atoms with van der Waals surface area (Å²) in [5.41, 5.74) is 2.00. The van der Waals surface area contributed by atoms with E-state index < -0.39 is 11.9 Å². The van der Waals surface area contributed by atoms with Gasteiger partial charge in [-0.15, -0.1) is 0 Å². The molecule has 0 amide bonds. The Labute approximate surface area is 163 Å². The first-order chi connectivity index (χ1) is 13.6. The Morgan fingerprint density at radius 1 is 0.857 bits per heavy atom. The van der Waals surface area contributed by atoms with Crippen LogP contribution in [0, 0.1) is 0 Å². The van der Waals surface area contributed by atoms with Crippen molar-refractivity contribution in [2.45, 2.75) is 13.5 Å². The average molecular weight is 376 g/mol. The summed E-state index contributed by atoms with van der Waals surface area (Å²) in [6.07, 6.45) is 0. The predicted molar refractivity (Wildman–Crippen MR) is 106 cm³/mol. The molecule has 3 aromatic rings. The first-order valence-electron chi connectivity index (χ1n) is 8.91. The SMILES string of the molecule is CCOC(=O)c1cccc(C(=O)O)c1-c1ccccc1OCc1ccccc1. The van der Waals surface area contributed by atoms with Gasteiger partial charge in [-0.1, -0.05) is 54.6 Å². The second kappa shape index (κ2) is 8.86. The van der Waals surface area contributed by atoms with Gasteiger partial charge in [-0.3, -0.25) is 0 Å². The predicted octanol–water partition coefficient (Wildman–Crippen LogP) is 4.81. The van der Waals surface area contributed by atoms with Crippen LogP contribution < -0.4 is 4.74 Å². The van der Waals surface area contributed by atoms with Gasteiger partial charge in [0, 0.05) is 11.1 Å². The van der Waals surface area contributed by atoms with Crippen molar-refractivity contribution in [1.29, 1.82) is 0 Å². The molecule has 0 aliphatic rings. The molecule has 3 rings (SSSR count). The van der Waals surface area contributed by atoms with Crippen LogP contribution in [0.2, 0.25) is 0 Å². The molecule has 0 unspecified atom stereocenters. The molecule has 3 aromatic carbocycles. The van der Waals surface area contributed by atoms with Crippen LogP contribution in [0.1, 0.15) is 33.2 Å². The van der Waals surface area contributed by atoms with Gasteiger partial charge in [0.2, 0.25) is 0 Å². The maximum Gasteiger partial charge on any atom is 0.338 e. The number of carboxylic acid groups (broad SMARTS) is 1. The number of ether oxygens (including phenoxy) is 2. The monoisotopic (exact) mass is 376 g/mol. The zero-order chi connectivity index (χ0) is 19.9. The quantitative estimate of drug-likeness (QED) is 0.599. The Morgan fingerprint density at radius 2 is 1.54 bits per heavy atom. The van der Waals surface area contributed by atoms with Crippen LogP contribution in [0.25, 0.3) is 11.1 Å². The summed E-state index contributed by atoms with van der Waals surface area (Å²) in [6, 6.07) is 21.3. The van der Waals surface area contributed by atoms with Crippen LogP contribution in [0.15, 0.2) is 72.8 Å². The Morgan fingerprint density at radius 3 is 2.25 bits per heavy atom. The molecule has 0 fully saturated rings. The Balaban J connectivity index is 2.08. The van der Waals surface area contributed by atoms with Crippen molar-refractivity contribution in [3.8, 4) is 16.9 Å². The molecule has 142 valence electrons. The number of rotatable bonds is 7. The third-order valence-corrected chi connectivity index (χ3v) is 4.18. The number of esters is 1. The molecule has 1 N–H and O–H groups in total. The van der Waals surface area contributed by atoms with E-state index in [9.17, 15) is 14.7 Å². The van der Waals surface area contributed by atoms with Gasteiger partial charge in [-0.05, 0) is 30.7 Å². The lowest BCUT2D eigenvalue weighted by Crippen LogP contribution is -2.11. The lowest BCUT2D eigenvalue weighted by atomic mass is 9.93. The molecule has 0 atom stereocenters. The number of carboxylic acids is 1. The molecule has 0 aliphatic carbocycles. The lowest BCUT2D eigenvalue weighted by molar-refractivity contribution is 0.0527. The molecule has 0 bridgehead atoms. The molecule has 5 heteroatoms. The first-order valence-corrected chi connectivity index (χ1v) is 8.91. The van der Waals surface area contributed by atoms with E-state index in [1.807, 2.05) is 30.3 Å². The van der Waals surface area contributed by atoms with E-state index in [2.05, 4.69) is 0 Å². The molecule has 28 heavy (non-hydrogen) atoms. The van der Waals surface area contributed by atoms with Crippen molar-refractivity contribution < 1.29 is 24.2 Å². The van der Waals surface area contributed by atoms with E-state index >= 15 is 0 Å². The standard InChI is InChI=1S/C23H20O5/c1-2-27-23(26)19-13-8-12-18(22(24)25)21(19)17-11-6-7-14-20(17)28-15-16-9-4-3-5-10-16/h3-14H,2,15H2,1H3,(H,24,25). The molecule has 0 aromatic heterocycles. The van der Waals surface area contributed by atoms with E-state index in [1.54, 1.807) is 37.3 Å². The fourth-order valence-electron chi connectivity index (χ4n) is 2.93. The smallest absolute Gasteiger partial charge is 0.338 e. The Hall–Kier alpha value is -3.60. The average Bonchev–Trinajstić information content (AvgIpc) is 2.73. The molecule has 5 nitrogen and oxygen atoms in total. The summed E-state index contributed by atoms with van der Waals surface area (Å²) in [6.45, 7) is 2.22. The largest absolute Gasteiger partial charge is 0.488 e. The fourth-order valence-corrected chi connectivity index (χ4v) is 2.93. The molecule has 0 saturated heterocycles. The minimum atomic E-state index is -1.13. The van der Waals surface area contributed by atoms with Crippen molar-refractivity contribution >= 4 is 11.9 Å². The number of hydrogen-bond acceptors (Lipinski definition) is 4. The topological polar surface area (TPSA) is 72.8 Å². The zero-order valence-corrected chi connectivity index (χ0v) is 15.4. The van der Waals surface area contributed by atoms with E-state index in [0.717, 1.165) is 5.56 Å². The summed E-state index contributed by atoms with van der Waals surface area (Å²) in [5.74, 6) is -1.21. The summed E-state index contributed by atoms with van der Waals surface area (Å²) < 4.78 is 11.1. The minimum Gasteiger partial charge on any atom is -0.488 e. The van der Waals surface area contributed by atoms with Gasteiger partial charge < -0.3 is 14.6 Å². The molecule has 0 radical (unpaired) electrons. The number of aromatic carboxylic acids is 1. The van der Waals surface area contributed by atoms with E-state index in [-0.39, 0.29) is 23.3 Å². The molecule has 0 aliphatic heterocycles. The first kappa shape index (κ1) is 19.2. The van der Waals surface area contributed by atoms with Gasteiger partial charge in [0.1, 0.15) is 12.4 Å². The number of benzene rings is 3. The highest BCUT2D eigenvalue weighted by Gasteiger charge is 2.23. The molecule has 0 heterocycles. The fraction of sp³-hybridized carbons (Fsp3) is 0.130. The van der Waals surface area contributed by atoms with Crippen LogP contribution in [0.4, 0.5) is 0 Å². The van der Waals surface area contributed by atoms with Crippen molar-refractivity contribution in [3.05, 3.63) is 89.5 Å². The molecule has 0 spiro atoms. The van der Waals surface area contributed by atoms with Crippen molar-refractivity contribution in [1.82, 2.24) is 0 Å². The number of hydrogen-bond donors (Lipinski definition) is 1. The number of carbonyl (C=O) groups excluding carboxylic acids is 1. The van der Waals surface area contributed by atoms with Crippen LogP contribution in [0.3, 0.4) is 0 Å². The molecular formula is C23H20O5. The second-order valence-electron chi connectivity index (χ2n) is 6.02. The molecule has 0 saturated carbocycles. The van der Waals surface area contributed by atoms with Crippen molar-refractivity contribution in [3.63, 3.8) is 0 Å². The summed E-state index contributed by atoms with van der Waals surface area (Å²) in [7, 11) is 0. The maximum absolute atomic E-state index is 12.4. The van der Waals surface area contributed by atoms with Gasteiger partial charge in [0.25, 0.3) is 0 Å².